The number of benzene rings is 1. The van der Waals surface area contributed by atoms with E-state index in [0.717, 1.165) is 29.6 Å². The minimum absolute atomic E-state index is 0.0313. The van der Waals surface area contributed by atoms with Crippen LogP contribution in [0.3, 0.4) is 0 Å². The molecule has 1 aromatic carbocycles. The molecule has 2 aliphatic rings. The fourth-order valence-electron chi connectivity index (χ4n) is 4.84. The Kier molecular flexibility index (Phi) is 6.20. The molecule has 0 saturated heterocycles. The quantitative estimate of drug-likeness (QED) is 0.466. The summed E-state index contributed by atoms with van der Waals surface area (Å²) in [6.07, 6.45) is 0.904. The number of aliphatic hydroxyl groups excluding tert-OH is 1. The number of aromatic nitrogens is 3. The van der Waals surface area contributed by atoms with E-state index < -0.39 is 29.2 Å². The van der Waals surface area contributed by atoms with Gasteiger partial charge < -0.3 is 16.2 Å². The summed E-state index contributed by atoms with van der Waals surface area (Å²) in [6, 6.07) is 6.52. The van der Waals surface area contributed by atoms with Crippen LogP contribution in [0.4, 0.5) is 26.2 Å². The number of nitrogens with two attached hydrogens (primary N) is 1. The molecular formula is C26H27F2N7O2. The number of nitrogens with one attached hydrogen (secondary N) is 1. The molecule has 0 bridgehead atoms. The van der Waals surface area contributed by atoms with E-state index in [4.69, 9.17) is 5.73 Å². The van der Waals surface area contributed by atoms with Gasteiger partial charge in [-0.2, -0.15) is 0 Å². The second-order valence-electron chi connectivity index (χ2n) is 9.55. The molecule has 0 aliphatic carbocycles. The molecule has 2 atom stereocenters. The summed E-state index contributed by atoms with van der Waals surface area (Å²) in [5, 5.41) is 12.9. The number of rotatable bonds is 6. The Balaban J connectivity index is 1.42. The molecule has 0 fully saturated rings. The number of hydrogen-bond acceptors (Lipinski definition) is 8. The third-order valence-electron chi connectivity index (χ3n) is 7.38. The number of amides is 1. The molecule has 37 heavy (non-hydrogen) atoms. The largest absolute Gasteiger partial charge is 0.370 e. The van der Waals surface area contributed by atoms with E-state index in [1.54, 1.807) is 17.0 Å². The molecule has 0 saturated carbocycles. The number of carbonyl (C=O) groups excluding carboxylic acids is 1. The first-order valence-corrected chi connectivity index (χ1v) is 12.0. The number of hydrogen-bond donors (Lipinski definition) is 3. The highest BCUT2D eigenvalue weighted by atomic mass is 19.1. The highest BCUT2D eigenvalue weighted by Gasteiger charge is 2.37. The van der Waals surface area contributed by atoms with Crippen LogP contribution >= 0.6 is 0 Å². The van der Waals surface area contributed by atoms with Gasteiger partial charge in [0.15, 0.2) is 12.0 Å². The van der Waals surface area contributed by atoms with Crippen molar-refractivity contribution in [3.8, 4) is 11.3 Å². The molecule has 1 amide bonds. The minimum Gasteiger partial charge on any atom is -0.370 e. The zero-order valence-corrected chi connectivity index (χ0v) is 20.7. The van der Waals surface area contributed by atoms with Crippen LogP contribution in [0.5, 0.6) is 0 Å². The van der Waals surface area contributed by atoms with Crippen molar-refractivity contribution in [3.05, 3.63) is 58.9 Å². The first kappa shape index (κ1) is 24.8. The van der Waals surface area contributed by atoms with Gasteiger partial charge in [-0.05, 0) is 42.7 Å². The van der Waals surface area contributed by atoms with E-state index >= 15 is 4.39 Å². The molecule has 2 unspecified atom stereocenters. The molecule has 2 aliphatic heterocycles. The summed E-state index contributed by atoms with van der Waals surface area (Å²) in [4.78, 5) is 30.2. The normalized spacial score (nSPS) is 19.7. The van der Waals surface area contributed by atoms with Gasteiger partial charge in [-0.3, -0.25) is 14.7 Å². The molecule has 3 aromatic rings. The number of aliphatic imine (C=N–C) groups is 1. The lowest BCUT2D eigenvalue weighted by atomic mass is 9.77. The number of fused-ring (bicyclic) bond motifs is 2. The van der Waals surface area contributed by atoms with Gasteiger partial charge in [-0.25, -0.2) is 23.7 Å². The zero-order valence-electron chi connectivity index (χ0n) is 20.7. The van der Waals surface area contributed by atoms with Gasteiger partial charge in [-0.15, -0.1) is 0 Å². The summed E-state index contributed by atoms with van der Waals surface area (Å²) >= 11 is 0. The lowest BCUT2D eigenvalue weighted by molar-refractivity contribution is -0.136. The van der Waals surface area contributed by atoms with Crippen molar-refractivity contribution < 1.29 is 18.7 Å². The third-order valence-corrected chi connectivity index (χ3v) is 7.38. The number of carbonyl (C=O) groups is 1. The van der Waals surface area contributed by atoms with E-state index in [0.29, 0.717) is 42.1 Å². The van der Waals surface area contributed by atoms with Crippen LogP contribution in [0.25, 0.3) is 11.3 Å². The maximum absolute atomic E-state index is 15.0. The van der Waals surface area contributed by atoms with E-state index in [9.17, 15) is 14.3 Å². The van der Waals surface area contributed by atoms with Gasteiger partial charge in [-0.1, -0.05) is 19.9 Å². The third kappa shape index (κ3) is 4.34. The Labute approximate surface area is 212 Å². The summed E-state index contributed by atoms with van der Waals surface area (Å²) < 4.78 is 29.8. The summed E-state index contributed by atoms with van der Waals surface area (Å²) in [5.74, 6) is -1.45. The summed E-state index contributed by atoms with van der Waals surface area (Å²) in [6.45, 7) is 6.62. The van der Waals surface area contributed by atoms with Gasteiger partial charge in [0, 0.05) is 41.9 Å². The number of primary amides is 1. The van der Waals surface area contributed by atoms with Crippen molar-refractivity contribution in [1.82, 2.24) is 19.9 Å². The fourth-order valence-corrected chi connectivity index (χ4v) is 4.84. The van der Waals surface area contributed by atoms with Crippen LogP contribution in [-0.2, 0) is 23.2 Å². The van der Waals surface area contributed by atoms with E-state index in [-0.39, 0.29) is 11.6 Å². The van der Waals surface area contributed by atoms with Gasteiger partial charge >= 0.3 is 0 Å². The molecule has 0 spiro atoms. The van der Waals surface area contributed by atoms with Crippen LogP contribution < -0.4 is 11.1 Å². The van der Waals surface area contributed by atoms with Crippen molar-refractivity contribution in [1.29, 1.82) is 0 Å². The van der Waals surface area contributed by atoms with Gasteiger partial charge in [0.25, 0.3) is 5.91 Å². The minimum atomic E-state index is -1.35. The second-order valence-corrected chi connectivity index (χ2v) is 9.55. The molecule has 11 heteroatoms. The molecule has 2 aromatic heterocycles. The molecule has 5 rings (SSSR count). The molecule has 4 heterocycles. The van der Waals surface area contributed by atoms with E-state index in [1.165, 1.54) is 6.07 Å². The maximum Gasteiger partial charge on any atom is 0.261 e. The Morgan fingerprint density at radius 1 is 1.27 bits per heavy atom. The first-order valence-electron chi connectivity index (χ1n) is 12.0. The van der Waals surface area contributed by atoms with Gasteiger partial charge in [0.2, 0.25) is 5.95 Å². The average molecular weight is 508 g/mol. The standard InChI is InChI=1S/C26H27F2N7O2/c1-4-26(3)13(2)31-22-16(26)9-15(10-17(22)27)21-18(28)11-30-25(34-21)33-20-6-5-14-12-35(24(37)23(29)36)8-7-19(14)32-20/h5-6,9-11,24,37H,4,7-8,12H2,1-3H3,(H2,29,36)(H,30,32,33,34). The lowest BCUT2D eigenvalue weighted by Crippen LogP contribution is -2.46. The van der Waals surface area contributed by atoms with Crippen LogP contribution in [0.1, 0.15) is 44.0 Å². The predicted molar refractivity (Wildman–Crippen MR) is 135 cm³/mol. The summed E-state index contributed by atoms with van der Waals surface area (Å²) in [5.41, 5.74) is 8.49. The van der Waals surface area contributed by atoms with Gasteiger partial charge in [0.1, 0.15) is 23.0 Å². The number of pyridine rings is 1. The van der Waals surface area contributed by atoms with Crippen LogP contribution in [0, 0.1) is 11.6 Å². The maximum atomic E-state index is 15.0. The van der Waals surface area contributed by atoms with Crippen molar-refractivity contribution >= 4 is 29.1 Å². The Morgan fingerprint density at radius 3 is 2.78 bits per heavy atom. The van der Waals surface area contributed by atoms with Crippen LogP contribution in [-0.4, -0.2) is 49.3 Å². The first-order chi connectivity index (χ1) is 17.6. The topological polar surface area (TPSA) is 130 Å². The molecule has 4 N–H and O–H groups in total. The predicted octanol–water partition coefficient (Wildman–Crippen LogP) is 3.50. The number of anilines is 2. The van der Waals surface area contributed by atoms with Crippen molar-refractivity contribution in [2.24, 2.45) is 10.7 Å². The molecule has 9 nitrogen and oxygen atoms in total. The average Bonchev–Trinajstić information content (AvgIpc) is 3.15. The van der Waals surface area contributed by atoms with Crippen molar-refractivity contribution in [2.45, 2.75) is 51.8 Å². The van der Waals surface area contributed by atoms with Crippen molar-refractivity contribution in [3.63, 3.8) is 0 Å². The monoisotopic (exact) mass is 507 g/mol. The van der Waals surface area contributed by atoms with E-state index in [2.05, 4.69) is 25.3 Å². The second kappa shape index (κ2) is 9.24. The Bertz CT molecular complexity index is 1440. The zero-order chi connectivity index (χ0) is 26.5. The molecular weight excluding hydrogens is 480 g/mol. The molecule has 192 valence electrons. The number of aliphatic hydroxyl groups is 1. The lowest BCUT2D eigenvalue weighted by Gasteiger charge is -2.30. The van der Waals surface area contributed by atoms with E-state index in [1.807, 2.05) is 26.8 Å². The highest BCUT2D eigenvalue weighted by Crippen LogP contribution is 2.45. The van der Waals surface area contributed by atoms with Crippen molar-refractivity contribution in [2.75, 3.05) is 11.9 Å². The number of halogens is 2. The SMILES string of the molecule is CCC1(C)C(C)=Nc2c(F)cc(-c3nc(Nc4ccc5c(n4)CCN(C(O)C(N)=O)C5)ncc3F)cc21. The highest BCUT2D eigenvalue weighted by molar-refractivity contribution is 6.00. The van der Waals surface area contributed by atoms with Crippen LogP contribution in [0.2, 0.25) is 0 Å². The Hall–Kier alpha value is -3.83. The fraction of sp³-hybridized carbons (Fsp3) is 0.346. The van der Waals surface area contributed by atoms with Crippen LogP contribution in [0.15, 0.2) is 35.5 Å². The Morgan fingerprint density at radius 2 is 2.05 bits per heavy atom. The van der Waals surface area contributed by atoms with Gasteiger partial charge in [0.05, 0.1) is 6.20 Å². The number of nitrogens with zero attached hydrogens (tertiary/aromatic N) is 5. The summed E-state index contributed by atoms with van der Waals surface area (Å²) in [7, 11) is 0. The smallest absolute Gasteiger partial charge is 0.261 e. The molecule has 0 radical (unpaired) electrons.